The van der Waals surface area contributed by atoms with Gasteiger partial charge >= 0.3 is 0 Å². The smallest absolute Gasteiger partial charge is 0.0582 e. The number of hydrogen-bond donors (Lipinski definition) is 2. The molecule has 0 bridgehead atoms. The van der Waals surface area contributed by atoms with Gasteiger partial charge in [-0.05, 0) is 51.4 Å². The third-order valence-electron chi connectivity index (χ3n) is 4.34. The van der Waals surface area contributed by atoms with E-state index in [1.54, 1.807) is 5.57 Å². The Morgan fingerprint density at radius 1 is 1.29 bits per heavy atom. The van der Waals surface area contributed by atoms with Crippen LogP contribution in [0.3, 0.4) is 0 Å². The van der Waals surface area contributed by atoms with Crippen molar-refractivity contribution in [2.45, 2.75) is 70.4 Å². The lowest BCUT2D eigenvalue weighted by atomic mass is 9.76. The zero-order chi connectivity index (χ0) is 12.1. The Morgan fingerprint density at radius 2 is 2.12 bits per heavy atom. The molecule has 17 heavy (non-hydrogen) atoms. The molecule has 2 aliphatic carbocycles. The molecule has 2 N–H and O–H groups in total. The van der Waals surface area contributed by atoms with Gasteiger partial charge in [0.2, 0.25) is 0 Å². The number of aliphatic hydroxyl groups excluding tert-OH is 1. The molecule has 0 aromatic heterocycles. The summed E-state index contributed by atoms with van der Waals surface area (Å²) in [5, 5.41) is 12.8. The number of allylic oxidation sites excluding steroid dienone is 1. The van der Waals surface area contributed by atoms with Gasteiger partial charge in [-0.1, -0.05) is 24.5 Å². The summed E-state index contributed by atoms with van der Waals surface area (Å²) >= 11 is 0. The molecule has 1 saturated carbocycles. The number of aliphatic hydroxyl groups is 1. The average molecular weight is 237 g/mol. The molecule has 3 atom stereocenters. The second-order valence-electron chi connectivity index (χ2n) is 5.77. The molecule has 0 heterocycles. The maximum atomic E-state index is 9.18. The fraction of sp³-hybridized carbons (Fsp3) is 0.867. The molecule has 0 unspecified atom stereocenters. The van der Waals surface area contributed by atoms with Gasteiger partial charge in [0.05, 0.1) is 6.61 Å². The van der Waals surface area contributed by atoms with Crippen molar-refractivity contribution in [1.29, 1.82) is 0 Å². The van der Waals surface area contributed by atoms with Crippen LogP contribution >= 0.6 is 0 Å². The first kappa shape index (κ1) is 13.1. The van der Waals surface area contributed by atoms with E-state index >= 15 is 0 Å². The third-order valence-corrected chi connectivity index (χ3v) is 4.34. The topological polar surface area (TPSA) is 32.3 Å². The third kappa shape index (κ3) is 3.56. The highest BCUT2D eigenvalue weighted by molar-refractivity contribution is 5.13. The molecule has 0 spiro atoms. The molecule has 0 aromatic carbocycles. The van der Waals surface area contributed by atoms with Gasteiger partial charge < -0.3 is 10.4 Å². The minimum absolute atomic E-state index is 0.241. The van der Waals surface area contributed by atoms with Crippen molar-refractivity contribution in [2.75, 3.05) is 6.61 Å². The summed E-state index contributed by atoms with van der Waals surface area (Å²) in [6.45, 7) is 2.34. The van der Waals surface area contributed by atoms with Crippen LogP contribution in [0.2, 0.25) is 0 Å². The van der Waals surface area contributed by atoms with Gasteiger partial charge in [-0.25, -0.2) is 0 Å². The van der Waals surface area contributed by atoms with Gasteiger partial charge in [-0.2, -0.15) is 0 Å². The summed E-state index contributed by atoms with van der Waals surface area (Å²) in [5.41, 5.74) is 1.71. The van der Waals surface area contributed by atoms with E-state index in [2.05, 4.69) is 18.3 Å². The highest BCUT2D eigenvalue weighted by Gasteiger charge is 2.28. The van der Waals surface area contributed by atoms with Crippen LogP contribution in [-0.2, 0) is 0 Å². The maximum Gasteiger partial charge on any atom is 0.0582 e. The minimum atomic E-state index is 0.241. The fourth-order valence-electron chi connectivity index (χ4n) is 3.39. The summed E-state index contributed by atoms with van der Waals surface area (Å²) < 4.78 is 0. The number of hydrogen-bond acceptors (Lipinski definition) is 2. The van der Waals surface area contributed by atoms with Crippen LogP contribution in [0.5, 0.6) is 0 Å². The van der Waals surface area contributed by atoms with Crippen LogP contribution in [0.4, 0.5) is 0 Å². The van der Waals surface area contributed by atoms with Gasteiger partial charge in [0.1, 0.15) is 0 Å². The molecule has 0 radical (unpaired) electrons. The Labute approximate surface area is 105 Å². The summed E-state index contributed by atoms with van der Waals surface area (Å²) in [6.07, 6.45) is 13.2. The summed E-state index contributed by atoms with van der Waals surface area (Å²) in [5.74, 6) is 0.748. The minimum Gasteiger partial charge on any atom is -0.395 e. The van der Waals surface area contributed by atoms with E-state index in [1.807, 2.05) is 0 Å². The molecule has 2 heteroatoms. The molecule has 0 aliphatic heterocycles. The molecule has 98 valence electrons. The van der Waals surface area contributed by atoms with Crippen LogP contribution in [0, 0.1) is 5.92 Å². The molecule has 0 saturated heterocycles. The lowest BCUT2D eigenvalue weighted by Crippen LogP contribution is -2.45. The normalized spacial score (nSPS) is 32.0. The van der Waals surface area contributed by atoms with Gasteiger partial charge in [0, 0.05) is 12.1 Å². The fourth-order valence-corrected chi connectivity index (χ4v) is 3.39. The SMILES string of the molecule is C[C@@H](CO)N[C@@H]1CCCC[C@H]1C1=CCCCC1. The Balaban J connectivity index is 1.98. The average Bonchev–Trinajstić information content (AvgIpc) is 2.40. The van der Waals surface area contributed by atoms with Crippen molar-refractivity contribution < 1.29 is 5.11 Å². The molecule has 2 aliphatic rings. The Hall–Kier alpha value is -0.340. The predicted molar refractivity (Wildman–Crippen MR) is 72.0 cm³/mol. The highest BCUT2D eigenvalue weighted by atomic mass is 16.3. The summed E-state index contributed by atoms with van der Waals surface area (Å²) in [4.78, 5) is 0. The van der Waals surface area contributed by atoms with Gasteiger partial charge in [-0.3, -0.25) is 0 Å². The molecule has 2 rings (SSSR count). The first-order valence-corrected chi connectivity index (χ1v) is 7.37. The van der Waals surface area contributed by atoms with Crippen molar-refractivity contribution in [3.63, 3.8) is 0 Å². The monoisotopic (exact) mass is 237 g/mol. The van der Waals surface area contributed by atoms with Crippen LogP contribution in [0.15, 0.2) is 11.6 Å². The highest BCUT2D eigenvalue weighted by Crippen LogP contribution is 2.35. The van der Waals surface area contributed by atoms with Crippen molar-refractivity contribution in [3.8, 4) is 0 Å². The molecule has 2 nitrogen and oxygen atoms in total. The Morgan fingerprint density at radius 3 is 2.82 bits per heavy atom. The second kappa shape index (κ2) is 6.55. The van der Waals surface area contributed by atoms with Crippen molar-refractivity contribution in [3.05, 3.63) is 11.6 Å². The van der Waals surface area contributed by atoms with Gasteiger partial charge in [-0.15, -0.1) is 0 Å². The number of rotatable bonds is 4. The Bertz CT molecular complexity index is 262. The predicted octanol–water partition coefficient (Wildman–Crippen LogP) is 3.02. The summed E-state index contributed by atoms with van der Waals surface area (Å²) in [7, 11) is 0. The van der Waals surface area contributed by atoms with Gasteiger partial charge in [0.25, 0.3) is 0 Å². The van der Waals surface area contributed by atoms with E-state index in [4.69, 9.17) is 0 Å². The van der Waals surface area contributed by atoms with E-state index in [9.17, 15) is 5.11 Å². The standard InChI is InChI=1S/C15H27NO/c1-12(11-17)16-15-10-6-5-9-14(15)13-7-3-2-4-8-13/h7,12,14-17H,2-6,8-11H2,1H3/t12-,14-,15+/m0/s1. The van der Waals surface area contributed by atoms with E-state index in [1.165, 1.54) is 51.4 Å². The van der Waals surface area contributed by atoms with Crippen molar-refractivity contribution in [2.24, 2.45) is 5.92 Å². The molecule has 0 aromatic rings. The van der Waals surface area contributed by atoms with Crippen LogP contribution < -0.4 is 5.32 Å². The van der Waals surface area contributed by atoms with E-state index in [0.29, 0.717) is 6.04 Å². The van der Waals surface area contributed by atoms with E-state index < -0.39 is 0 Å². The lowest BCUT2D eigenvalue weighted by Gasteiger charge is -2.36. The van der Waals surface area contributed by atoms with Crippen LogP contribution in [0.25, 0.3) is 0 Å². The quantitative estimate of drug-likeness (QED) is 0.737. The number of nitrogens with one attached hydrogen (secondary N) is 1. The maximum absolute atomic E-state index is 9.18. The van der Waals surface area contributed by atoms with Crippen LogP contribution in [0.1, 0.15) is 58.3 Å². The van der Waals surface area contributed by atoms with Crippen molar-refractivity contribution in [1.82, 2.24) is 5.32 Å². The largest absolute Gasteiger partial charge is 0.395 e. The van der Waals surface area contributed by atoms with Crippen LogP contribution in [-0.4, -0.2) is 23.8 Å². The molecule has 1 fully saturated rings. The first-order chi connectivity index (χ1) is 8.31. The van der Waals surface area contributed by atoms with E-state index in [-0.39, 0.29) is 12.6 Å². The second-order valence-corrected chi connectivity index (χ2v) is 5.77. The zero-order valence-electron chi connectivity index (χ0n) is 11.1. The zero-order valence-corrected chi connectivity index (χ0v) is 11.1. The molecular weight excluding hydrogens is 210 g/mol. The van der Waals surface area contributed by atoms with E-state index in [0.717, 1.165) is 5.92 Å². The first-order valence-electron chi connectivity index (χ1n) is 7.37. The molecular formula is C15H27NO. The summed E-state index contributed by atoms with van der Waals surface area (Å²) in [6, 6.07) is 0.847. The molecule has 0 amide bonds. The van der Waals surface area contributed by atoms with Crippen molar-refractivity contribution >= 4 is 0 Å². The Kier molecular flexibility index (Phi) is 5.05. The lowest BCUT2D eigenvalue weighted by molar-refractivity contribution is 0.207. The van der Waals surface area contributed by atoms with Gasteiger partial charge in [0.15, 0.2) is 0 Å².